The fraction of sp³-hybridized carbons (Fsp3) is 0.667. The molecule has 1 aromatic rings. The van der Waals surface area contributed by atoms with Crippen molar-refractivity contribution in [2.45, 2.75) is 46.2 Å². The van der Waals surface area contributed by atoms with E-state index in [1.165, 1.54) is 16.7 Å². The Morgan fingerprint density at radius 3 is 2.55 bits per heavy atom. The van der Waals surface area contributed by atoms with Crippen LogP contribution in [0.4, 0.5) is 0 Å². The summed E-state index contributed by atoms with van der Waals surface area (Å²) in [6.07, 6.45) is 2.12. The van der Waals surface area contributed by atoms with Gasteiger partial charge in [0.25, 0.3) is 0 Å². The zero-order valence-corrected chi connectivity index (χ0v) is 14.7. The molecule has 22 heavy (non-hydrogen) atoms. The van der Waals surface area contributed by atoms with Gasteiger partial charge in [0.2, 0.25) is 0 Å². The van der Waals surface area contributed by atoms with Gasteiger partial charge in [-0.1, -0.05) is 20.8 Å². The zero-order chi connectivity index (χ0) is 16.1. The molecule has 124 valence electrons. The van der Waals surface area contributed by atoms with Crippen molar-refractivity contribution in [3.8, 4) is 11.5 Å². The van der Waals surface area contributed by atoms with Gasteiger partial charge in [-0.3, -0.25) is 4.90 Å². The molecule has 0 aromatic heterocycles. The molecule has 0 amide bonds. The average Bonchev–Trinajstić information content (AvgIpc) is 2.57. The van der Waals surface area contributed by atoms with Gasteiger partial charge >= 0.3 is 0 Å². The first-order chi connectivity index (χ1) is 10.7. The molecule has 1 aliphatic heterocycles. The Morgan fingerprint density at radius 1 is 1.23 bits per heavy atom. The Balaban J connectivity index is 2.55. The van der Waals surface area contributed by atoms with Gasteiger partial charge in [0.15, 0.2) is 0 Å². The lowest BCUT2D eigenvalue weighted by Gasteiger charge is -2.38. The first-order valence-electron chi connectivity index (χ1n) is 8.43. The number of rotatable bonds is 7. The second-order valence-electron chi connectivity index (χ2n) is 5.75. The predicted octanol–water partition coefficient (Wildman–Crippen LogP) is 3.14. The summed E-state index contributed by atoms with van der Waals surface area (Å²) in [6, 6.07) is 2.58. The number of benzene rings is 1. The molecule has 1 atom stereocenters. The monoisotopic (exact) mass is 306 g/mol. The average molecular weight is 306 g/mol. The third kappa shape index (κ3) is 3.08. The smallest absolute Gasteiger partial charge is 0.127 e. The number of nitrogens with zero attached hydrogens (tertiary/aromatic N) is 1. The highest BCUT2D eigenvalue weighted by atomic mass is 16.5. The van der Waals surface area contributed by atoms with Gasteiger partial charge in [0, 0.05) is 35.8 Å². The molecule has 4 nitrogen and oxygen atoms in total. The van der Waals surface area contributed by atoms with Crippen LogP contribution in [0.2, 0.25) is 0 Å². The first kappa shape index (κ1) is 17.1. The highest BCUT2D eigenvalue weighted by Gasteiger charge is 2.31. The van der Waals surface area contributed by atoms with Crippen molar-refractivity contribution in [1.29, 1.82) is 0 Å². The maximum atomic E-state index is 5.79. The predicted molar refractivity (Wildman–Crippen MR) is 90.9 cm³/mol. The summed E-state index contributed by atoms with van der Waals surface area (Å²) in [5, 5.41) is 3.40. The fourth-order valence-electron chi connectivity index (χ4n) is 3.63. The number of ether oxygens (including phenoxy) is 2. The number of methoxy groups -OCH3 is 2. The van der Waals surface area contributed by atoms with E-state index in [-0.39, 0.29) is 0 Å². The zero-order valence-electron chi connectivity index (χ0n) is 14.7. The molecular weight excluding hydrogens is 276 g/mol. The first-order valence-corrected chi connectivity index (χ1v) is 8.43. The molecule has 1 aromatic carbocycles. The van der Waals surface area contributed by atoms with Crippen molar-refractivity contribution in [3.05, 3.63) is 22.8 Å². The fourth-order valence-corrected chi connectivity index (χ4v) is 3.63. The van der Waals surface area contributed by atoms with E-state index >= 15 is 0 Å². The maximum Gasteiger partial charge on any atom is 0.127 e. The molecule has 1 unspecified atom stereocenters. The topological polar surface area (TPSA) is 33.7 Å². The molecule has 0 spiro atoms. The number of nitrogens with one attached hydrogen (secondary N) is 1. The minimum Gasteiger partial charge on any atom is -0.496 e. The van der Waals surface area contributed by atoms with E-state index in [0.717, 1.165) is 50.5 Å². The third-order valence-corrected chi connectivity index (χ3v) is 4.67. The van der Waals surface area contributed by atoms with Crippen LogP contribution in [0.15, 0.2) is 6.07 Å². The van der Waals surface area contributed by atoms with Crippen LogP contribution in [0.3, 0.4) is 0 Å². The highest BCUT2D eigenvalue weighted by molar-refractivity contribution is 5.56. The Kier molecular flexibility index (Phi) is 6.09. The maximum absolute atomic E-state index is 5.79. The number of hydrogen-bond donors (Lipinski definition) is 1. The van der Waals surface area contributed by atoms with Crippen LogP contribution in [0, 0.1) is 0 Å². The van der Waals surface area contributed by atoms with E-state index < -0.39 is 0 Å². The molecule has 0 saturated carbocycles. The molecule has 0 radical (unpaired) electrons. The lowest BCUT2D eigenvalue weighted by Crippen LogP contribution is -2.35. The number of likely N-dealkylation sites (N-methyl/N-ethyl adjacent to an activating group) is 1. The van der Waals surface area contributed by atoms with E-state index in [4.69, 9.17) is 9.47 Å². The lowest BCUT2D eigenvalue weighted by molar-refractivity contribution is 0.183. The number of hydrogen-bond acceptors (Lipinski definition) is 4. The van der Waals surface area contributed by atoms with Crippen LogP contribution in [-0.4, -0.2) is 38.8 Å². The summed E-state index contributed by atoms with van der Waals surface area (Å²) in [6.45, 7) is 10.5. The van der Waals surface area contributed by atoms with Crippen molar-refractivity contribution in [2.75, 3.05) is 33.9 Å². The molecular formula is C18H30N2O2. The molecule has 1 aliphatic rings. The second kappa shape index (κ2) is 7.84. The third-order valence-electron chi connectivity index (χ3n) is 4.67. The largest absolute Gasteiger partial charge is 0.496 e. The van der Waals surface area contributed by atoms with Gasteiger partial charge in [0.1, 0.15) is 11.5 Å². The second-order valence-corrected chi connectivity index (χ2v) is 5.75. The van der Waals surface area contributed by atoms with Crippen LogP contribution in [0.5, 0.6) is 11.5 Å². The van der Waals surface area contributed by atoms with Gasteiger partial charge in [-0.2, -0.15) is 0 Å². The normalized spacial score (nSPS) is 18.1. The van der Waals surface area contributed by atoms with E-state index in [9.17, 15) is 0 Å². The minimum absolute atomic E-state index is 0.422. The molecule has 4 heteroatoms. The molecule has 0 fully saturated rings. The Morgan fingerprint density at radius 2 is 2.00 bits per heavy atom. The van der Waals surface area contributed by atoms with Crippen LogP contribution in [-0.2, 0) is 13.0 Å². The highest BCUT2D eigenvalue weighted by Crippen LogP contribution is 2.44. The molecule has 0 saturated heterocycles. The molecule has 1 heterocycles. The molecule has 2 rings (SSSR count). The summed E-state index contributed by atoms with van der Waals surface area (Å²) < 4.78 is 11.5. The summed E-state index contributed by atoms with van der Waals surface area (Å²) in [7, 11) is 3.56. The van der Waals surface area contributed by atoms with E-state index in [1.54, 1.807) is 14.2 Å². The lowest BCUT2D eigenvalue weighted by atomic mass is 9.87. The van der Waals surface area contributed by atoms with Crippen LogP contribution >= 0.6 is 0 Å². The summed E-state index contributed by atoms with van der Waals surface area (Å²) in [5.74, 6) is 2.06. The van der Waals surface area contributed by atoms with Crippen LogP contribution < -0.4 is 14.8 Å². The van der Waals surface area contributed by atoms with Gasteiger partial charge in [-0.05, 0) is 32.0 Å². The van der Waals surface area contributed by atoms with Crippen molar-refractivity contribution in [3.63, 3.8) is 0 Å². The van der Waals surface area contributed by atoms with Crippen molar-refractivity contribution in [1.82, 2.24) is 10.2 Å². The van der Waals surface area contributed by atoms with Crippen molar-refractivity contribution in [2.24, 2.45) is 0 Å². The Labute approximate surface area is 134 Å². The molecule has 0 aliphatic carbocycles. The van der Waals surface area contributed by atoms with Crippen LogP contribution in [0.25, 0.3) is 0 Å². The Hall–Kier alpha value is -1.26. The van der Waals surface area contributed by atoms with Crippen molar-refractivity contribution >= 4 is 0 Å². The van der Waals surface area contributed by atoms with E-state index in [1.807, 2.05) is 0 Å². The Bertz CT molecular complexity index is 502. The standard InChI is InChI=1S/C18H30N2O2/c1-6-15-17-14(9-10-20(15)8-3)18(22-5)13(12-19-7-2)11-16(17)21-4/h11,15,19H,6-10,12H2,1-5H3. The minimum atomic E-state index is 0.422. The number of fused-ring (bicyclic) bond motifs is 1. The van der Waals surface area contributed by atoms with Crippen LogP contribution in [0.1, 0.15) is 49.9 Å². The van der Waals surface area contributed by atoms with Gasteiger partial charge in [-0.25, -0.2) is 0 Å². The quantitative estimate of drug-likeness (QED) is 0.839. The van der Waals surface area contributed by atoms with Gasteiger partial charge in [-0.15, -0.1) is 0 Å². The summed E-state index contributed by atoms with van der Waals surface area (Å²) in [4.78, 5) is 2.54. The SMILES string of the molecule is CCNCc1cc(OC)c2c(c1OC)CCN(CC)C2CC. The molecule has 1 N–H and O–H groups in total. The van der Waals surface area contributed by atoms with Gasteiger partial charge < -0.3 is 14.8 Å². The van der Waals surface area contributed by atoms with E-state index in [2.05, 4.69) is 37.1 Å². The molecule has 0 bridgehead atoms. The summed E-state index contributed by atoms with van der Waals surface area (Å²) in [5.41, 5.74) is 3.86. The van der Waals surface area contributed by atoms with Crippen molar-refractivity contribution < 1.29 is 9.47 Å². The van der Waals surface area contributed by atoms with Gasteiger partial charge in [0.05, 0.1) is 14.2 Å². The van der Waals surface area contributed by atoms with E-state index in [0.29, 0.717) is 6.04 Å². The summed E-state index contributed by atoms with van der Waals surface area (Å²) >= 11 is 0.